The van der Waals surface area contributed by atoms with E-state index in [9.17, 15) is 34.5 Å². The molecule has 1 aliphatic heterocycles. The van der Waals surface area contributed by atoms with Gasteiger partial charge in [-0.25, -0.2) is 0 Å². The van der Waals surface area contributed by atoms with Crippen LogP contribution < -0.4 is 10.6 Å². The van der Waals surface area contributed by atoms with Crippen molar-refractivity contribution in [2.45, 2.75) is 276 Å². The van der Waals surface area contributed by atoms with Gasteiger partial charge in [-0.05, 0) is 38.0 Å². The van der Waals surface area contributed by atoms with Crippen LogP contribution in [-0.2, 0) is 23.9 Å². The number of nitrogens with one attached hydrogen (secondary N) is 2. The third-order valence-corrected chi connectivity index (χ3v) is 12.5. The second kappa shape index (κ2) is 38.0. The zero-order chi connectivity index (χ0) is 45.8. The Morgan fingerprint density at radius 3 is 1.44 bits per heavy atom. The average Bonchev–Trinajstić information content (AvgIpc) is 3.24. The highest BCUT2D eigenvalue weighted by molar-refractivity contribution is 5.88. The highest BCUT2D eigenvalue weighted by atomic mass is 16.5. The highest BCUT2D eigenvalue weighted by Crippen LogP contribution is 2.26. The Morgan fingerprint density at radius 2 is 1.00 bits per heavy atom. The molecule has 0 bridgehead atoms. The number of carbonyl (C=O) groups excluding carboxylic acids is 3. The lowest BCUT2D eigenvalue weighted by atomic mass is 9.93. The van der Waals surface area contributed by atoms with Gasteiger partial charge in [-0.3, -0.25) is 19.2 Å². The van der Waals surface area contributed by atoms with Gasteiger partial charge in [0, 0.05) is 25.8 Å². The van der Waals surface area contributed by atoms with Crippen LogP contribution in [0.1, 0.15) is 240 Å². The molecule has 1 rings (SSSR count). The standard InChI is InChI=1S/C50H95N3O9/c1-5-7-9-11-13-15-17-18-19-20-21-22-24-26-31-35-44(56)53(37-33-29-25-23-16-14-12-10-8-6-2)50-46(48(60)47(59)42(39-54)62-50)52-49(61)41(38-40(3)4)51-43(55)34-30-27-28-32-36-45(57)58/h40-42,46-48,50,54,59-60H,5-39H2,1-4H3,(H,51,55)(H,52,61)(H,57,58)/t41-,42+,46+,47+,48+,50+/m0/s1. The molecular formula is C50H95N3O9. The molecule has 6 N–H and O–H groups in total. The summed E-state index contributed by atoms with van der Waals surface area (Å²) in [4.78, 5) is 53.6. The summed E-state index contributed by atoms with van der Waals surface area (Å²) in [5.41, 5.74) is 0. The first kappa shape index (κ1) is 57.7. The van der Waals surface area contributed by atoms with Crippen molar-refractivity contribution in [3.05, 3.63) is 0 Å². The second-order valence-corrected chi connectivity index (χ2v) is 18.8. The number of rotatable bonds is 41. The molecule has 364 valence electrons. The fourth-order valence-electron chi connectivity index (χ4n) is 8.62. The molecule has 0 aromatic heterocycles. The Morgan fingerprint density at radius 1 is 0.581 bits per heavy atom. The first-order valence-electron chi connectivity index (χ1n) is 25.7. The summed E-state index contributed by atoms with van der Waals surface area (Å²) in [6.07, 6.45) is 27.7. The topological polar surface area (TPSA) is 186 Å². The maximum Gasteiger partial charge on any atom is 0.303 e. The van der Waals surface area contributed by atoms with Gasteiger partial charge in [0.05, 0.1) is 6.61 Å². The molecule has 1 saturated heterocycles. The lowest BCUT2D eigenvalue weighted by Crippen LogP contribution is -2.70. The van der Waals surface area contributed by atoms with E-state index in [2.05, 4.69) is 24.5 Å². The Hall–Kier alpha value is -2.28. The highest BCUT2D eigenvalue weighted by Gasteiger charge is 2.48. The van der Waals surface area contributed by atoms with Crippen molar-refractivity contribution in [3.8, 4) is 0 Å². The molecule has 3 amide bonds. The van der Waals surface area contributed by atoms with Crippen LogP contribution in [-0.4, -0.2) is 98.8 Å². The predicted molar refractivity (Wildman–Crippen MR) is 250 cm³/mol. The molecule has 12 nitrogen and oxygen atoms in total. The maximum atomic E-state index is 14.1. The molecule has 12 heteroatoms. The van der Waals surface area contributed by atoms with E-state index in [0.29, 0.717) is 57.9 Å². The van der Waals surface area contributed by atoms with Gasteiger partial charge >= 0.3 is 5.97 Å². The zero-order valence-corrected chi connectivity index (χ0v) is 40.1. The summed E-state index contributed by atoms with van der Waals surface area (Å²) in [5.74, 6) is -1.79. The van der Waals surface area contributed by atoms with E-state index in [-0.39, 0.29) is 30.6 Å². The van der Waals surface area contributed by atoms with Crippen molar-refractivity contribution in [2.24, 2.45) is 5.92 Å². The van der Waals surface area contributed by atoms with Gasteiger partial charge in [0.15, 0.2) is 6.23 Å². The summed E-state index contributed by atoms with van der Waals surface area (Å²) in [7, 11) is 0. The van der Waals surface area contributed by atoms with Gasteiger partial charge in [-0.2, -0.15) is 0 Å². The van der Waals surface area contributed by atoms with Crippen LogP contribution in [0.4, 0.5) is 0 Å². The van der Waals surface area contributed by atoms with Gasteiger partial charge in [0.1, 0.15) is 30.4 Å². The Bertz CT molecular complexity index is 1140. The minimum atomic E-state index is -1.54. The zero-order valence-electron chi connectivity index (χ0n) is 40.1. The van der Waals surface area contributed by atoms with Crippen LogP contribution >= 0.6 is 0 Å². The van der Waals surface area contributed by atoms with Gasteiger partial charge in [-0.1, -0.05) is 188 Å². The van der Waals surface area contributed by atoms with E-state index in [1.54, 1.807) is 4.90 Å². The van der Waals surface area contributed by atoms with Gasteiger partial charge in [0.25, 0.3) is 0 Å². The Labute approximate surface area is 377 Å². The molecule has 0 aliphatic carbocycles. The lowest BCUT2D eigenvalue weighted by molar-refractivity contribution is -0.231. The van der Waals surface area contributed by atoms with E-state index in [4.69, 9.17) is 9.84 Å². The molecule has 1 aliphatic rings. The molecule has 0 aromatic carbocycles. The molecule has 0 unspecified atom stereocenters. The van der Waals surface area contributed by atoms with E-state index in [1.807, 2.05) is 13.8 Å². The summed E-state index contributed by atoms with van der Waals surface area (Å²) in [5, 5.41) is 47.3. The summed E-state index contributed by atoms with van der Waals surface area (Å²) >= 11 is 0. The largest absolute Gasteiger partial charge is 0.481 e. The van der Waals surface area contributed by atoms with Crippen molar-refractivity contribution in [1.29, 1.82) is 0 Å². The minimum absolute atomic E-state index is 0.0408. The molecular weight excluding hydrogens is 787 g/mol. The fraction of sp³-hybridized carbons (Fsp3) is 0.920. The number of unbranched alkanes of at least 4 members (excludes halogenated alkanes) is 26. The van der Waals surface area contributed by atoms with Crippen molar-refractivity contribution in [2.75, 3.05) is 13.2 Å². The molecule has 0 saturated carbocycles. The second-order valence-electron chi connectivity index (χ2n) is 18.8. The van der Waals surface area contributed by atoms with Crippen LogP contribution in [0.5, 0.6) is 0 Å². The number of carboxylic acid groups (broad SMARTS) is 1. The third kappa shape index (κ3) is 27.8. The van der Waals surface area contributed by atoms with Crippen LogP contribution in [0.2, 0.25) is 0 Å². The number of aliphatic hydroxyl groups is 3. The number of amides is 3. The van der Waals surface area contributed by atoms with E-state index in [1.165, 1.54) is 109 Å². The Balaban J connectivity index is 2.95. The van der Waals surface area contributed by atoms with Crippen molar-refractivity contribution in [1.82, 2.24) is 15.5 Å². The fourth-order valence-corrected chi connectivity index (χ4v) is 8.62. The molecule has 0 radical (unpaired) electrons. The molecule has 1 fully saturated rings. The monoisotopic (exact) mass is 882 g/mol. The van der Waals surface area contributed by atoms with Gasteiger partial charge in [0.2, 0.25) is 17.7 Å². The predicted octanol–water partition coefficient (Wildman–Crippen LogP) is 9.88. The lowest BCUT2D eigenvalue weighted by Gasteiger charge is -2.47. The third-order valence-electron chi connectivity index (χ3n) is 12.5. The maximum absolute atomic E-state index is 14.1. The Kier molecular flexibility index (Phi) is 35.4. The van der Waals surface area contributed by atoms with E-state index in [0.717, 1.165) is 38.5 Å². The average molecular weight is 882 g/mol. The summed E-state index contributed by atoms with van der Waals surface area (Å²) in [6.45, 7) is 8.14. The molecule has 6 atom stereocenters. The van der Waals surface area contributed by atoms with Gasteiger partial charge < -0.3 is 40.7 Å². The van der Waals surface area contributed by atoms with Crippen LogP contribution in [0.15, 0.2) is 0 Å². The number of hydrogen-bond donors (Lipinski definition) is 6. The summed E-state index contributed by atoms with van der Waals surface area (Å²) < 4.78 is 6.23. The van der Waals surface area contributed by atoms with Gasteiger partial charge in [-0.15, -0.1) is 0 Å². The number of nitrogens with zero attached hydrogens (tertiary/aromatic N) is 1. The van der Waals surface area contributed by atoms with Crippen molar-refractivity contribution in [3.63, 3.8) is 0 Å². The number of ether oxygens (including phenoxy) is 1. The molecule has 0 aromatic rings. The van der Waals surface area contributed by atoms with Crippen LogP contribution in [0.3, 0.4) is 0 Å². The number of hydrogen-bond acceptors (Lipinski definition) is 8. The normalized spacial score (nSPS) is 19.4. The SMILES string of the molecule is CCCCCCCCCCCCCCCCCC(=O)N(CCCCCCCCCCCC)[C@@H]1O[C@H](CO)[C@@H](O)[C@H](O)[C@H]1NC(=O)[C@H](CC(C)C)NC(=O)CCCCCCC(=O)O. The first-order chi connectivity index (χ1) is 30.0. The van der Waals surface area contributed by atoms with Crippen molar-refractivity contribution < 1.29 is 44.3 Å². The molecule has 0 spiro atoms. The number of carboxylic acids is 1. The quantitative estimate of drug-likeness (QED) is 0.0325. The number of carbonyl (C=O) groups is 4. The molecule has 62 heavy (non-hydrogen) atoms. The molecule has 1 heterocycles. The van der Waals surface area contributed by atoms with E-state index < -0.39 is 55.1 Å². The summed E-state index contributed by atoms with van der Waals surface area (Å²) in [6, 6.07) is -2.13. The van der Waals surface area contributed by atoms with Crippen LogP contribution in [0.25, 0.3) is 0 Å². The number of aliphatic carboxylic acids is 1. The first-order valence-corrected chi connectivity index (χ1v) is 25.7. The van der Waals surface area contributed by atoms with Crippen molar-refractivity contribution >= 4 is 23.7 Å². The minimum Gasteiger partial charge on any atom is -0.481 e. The van der Waals surface area contributed by atoms with E-state index >= 15 is 0 Å². The smallest absolute Gasteiger partial charge is 0.303 e. The van der Waals surface area contributed by atoms with Crippen LogP contribution in [0, 0.1) is 5.92 Å². The number of aliphatic hydroxyl groups excluding tert-OH is 3.